The van der Waals surface area contributed by atoms with Crippen molar-refractivity contribution in [3.8, 4) is 5.75 Å². The zero-order chi connectivity index (χ0) is 20.5. The van der Waals surface area contributed by atoms with E-state index in [0.717, 1.165) is 5.39 Å². The van der Waals surface area contributed by atoms with Gasteiger partial charge < -0.3 is 14.6 Å². The van der Waals surface area contributed by atoms with Crippen LogP contribution in [0.5, 0.6) is 5.75 Å². The highest BCUT2D eigenvalue weighted by Crippen LogP contribution is 2.22. The molecule has 9 heteroatoms. The zero-order valence-electron chi connectivity index (χ0n) is 15.0. The van der Waals surface area contributed by atoms with Crippen molar-refractivity contribution in [2.75, 3.05) is 6.61 Å². The van der Waals surface area contributed by atoms with Crippen molar-refractivity contribution >= 4 is 16.8 Å². The normalized spacial score (nSPS) is 12.8. The van der Waals surface area contributed by atoms with Gasteiger partial charge in [-0.3, -0.25) is 9.78 Å². The molecule has 5 nitrogen and oxygen atoms in total. The summed E-state index contributed by atoms with van der Waals surface area (Å²) in [5.74, 6) is -0.799. The number of hydrogen-bond donors (Lipinski definition) is 1. The maximum absolute atomic E-state index is 13.4. The van der Waals surface area contributed by atoms with Gasteiger partial charge in [-0.05, 0) is 43.3 Å². The van der Waals surface area contributed by atoms with E-state index in [9.17, 15) is 22.4 Å². The third-order valence-corrected chi connectivity index (χ3v) is 4.19. The maximum atomic E-state index is 13.4. The van der Waals surface area contributed by atoms with E-state index in [1.165, 1.54) is 30.5 Å². The first kappa shape index (κ1) is 19.7. The molecule has 3 aromatic rings. The highest BCUT2D eigenvalue weighted by atomic mass is 19.4. The Balaban J connectivity index is 1.70. The van der Waals surface area contributed by atoms with Gasteiger partial charge in [-0.25, -0.2) is 4.39 Å². The smallest absolute Gasteiger partial charge is 0.422 e. The van der Waals surface area contributed by atoms with Crippen molar-refractivity contribution in [2.24, 2.45) is 7.05 Å². The minimum absolute atomic E-state index is 0.0182. The van der Waals surface area contributed by atoms with Crippen molar-refractivity contribution in [1.82, 2.24) is 14.9 Å². The lowest BCUT2D eigenvalue weighted by Gasteiger charge is -2.15. The topological polar surface area (TPSA) is 56.2 Å². The lowest BCUT2D eigenvalue weighted by atomic mass is 10.2. The molecule has 1 aromatic carbocycles. The number of pyridine rings is 1. The van der Waals surface area contributed by atoms with E-state index < -0.39 is 24.6 Å². The summed E-state index contributed by atoms with van der Waals surface area (Å²) in [7, 11) is 1.66. The van der Waals surface area contributed by atoms with Crippen molar-refractivity contribution in [1.29, 1.82) is 0 Å². The molecule has 3 rings (SSSR count). The minimum atomic E-state index is -4.43. The number of hydrogen-bond acceptors (Lipinski definition) is 3. The highest BCUT2D eigenvalue weighted by molar-refractivity contribution is 5.98. The van der Waals surface area contributed by atoms with E-state index in [1.807, 2.05) is 0 Å². The Morgan fingerprint density at radius 2 is 2.00 bits per heavy atom. The molecule has 2 aromatic heterocycles. The van der Waals surface area contributed by atoms with Crippen molar-refractivity contribution in [3.05, 3.63) is 59.8 Å². The summed E-state index contributed by atoms with van der Waals surface area (Å²) in [4.78, 5) is 16.6. The number of benzene rings is 1. The minimum Gasteiger partial charge on any atom is -0.483 e. The summed E-state index contributed by atoms with van der Waals surface area (Å²) in [6.07, 6.45) is -3.26. The summed E-state index contributed by atoms with van der Waals surface area (Å²) in [5, 5.41) is 3.50. The number of amides is 1. The number of ether oxygens (including phenoxy) is 1. The Labute approximate surface area is 157 Å². The Morgan fingerprint density at radius 3 is 2.64 bits per heavy atom. The molecular formula is C19H17F4N3O2. The predicted octanol–water partition coefficient (Wildman–Crippen LogP) is 4.14. The van der Waals surface area contributed by atoms with Gasteiger partial charge in [0, 0.05) is 12.4 Å². The molecule has 1 atom stereocenters. The van der Waals surface area contributed by atoms with E-state index in [2.05, 4.69) is 15.0 Å². The maximum Gasteiger partial charge on any atom is 0.422 e. The van der Waals surface area contributed by atoms with Crippen LogP contribution in [0.15, 0.2) is 42.6 Å². The second-order valence-corrected chi connectivity index (χ2v) is 6.31. The Bertz CT molecular complexity index is 997. The average molecular weight is 395 g/mol. The van der Waals surface area contributed by atoms with Crippen LogP contribution in [0, 0.1) is 5.82 Å². The fraction of sp³-hybridized carbons (Fsp3) is 0.263. The molecule has 0 aliphatic carbocycles. The fourth-order valence-electron chi connectivity index (χ4n) is 2.76. The molecule has 0 fully saturated rings. The summed E-state index contributed by atoms with van der Waals surface area (Å²) in [6, 6.07) is 8.24. The molecule has 0 unspecified atom stereocenters. The van der Waals surface area contributed by atoms with Crippen LogP contribution >= 0.6 is 0 Å². The van der Waals surface area contributed by atoms with Crippen LogP contribution in [0.2, 0.25) is 0 Å². The van der Waals surface area contributed by atoms with Gasteiger partial charge >= 0.3 is 6.18 Å². The molecule has 28 heavy (non-hydrogen) atoms. The van der Waals surface area contributed by atoms with E-state index in [-0.39, 0.29) is 11.7 Å². The molecular weight excluding hydrogens is 378 g/mol. The summed E-state index contributed by atoms with van der Waals surface area (Å²) in [5.41, 5.74) is 1.39. The van der Waals surface area contributed by atoms with Crippen LogP contribution in [0.3, 0.4) is 0 Å². The Kier molecular flexibility index (Phi) is 5.26. The summed E-state index contributed by atoms with van der Waals surface area (Å²) >= 11 is 0. The van der Waals surface area contributed by atoms with E-state index in [4.69, 9.17) is 0 Å². The molecule has 0 radical (unpaired) electrons. The SMILES string of the molecule is C[C@H](NC(=O)c1cc2ccc(F)cc2n1C)c1ccc(OCC(F)(F)F)cn1. The van der Waals surface area contributed by atoms with E-state index in [0.29, 0.717) is 16.9 Å². The van der Waals surface area contributed by atoms with Gasteiger partial charge in [0.1, 0.15) is 17.3 Å². The predicted molar refractivity (Wildman–Crippen MR) is 94.5 cm³/mol. The van der Waals surface area contributed by atoms with Crippen LogP contribution in [0.4, 0.5) is 17.6 Å². The van der Waals surface area contributed by atoms with Gasteiger partial charge in [0.25, 0.3) is 5.91 Å². The van der Waals surface area contributed by atoms with E-state index >= 15 is 0 Å². The average Bonchev–Trinajstić information content (AvgIpc) is 2.96. The number of nitrogens with zero attached hydrogens (tertiary/aromatic N) is 2. The number of rotatable bonds is 5. The Morgan fingerprint density at radius 1 is 1.25 bits per heavy atom. The number of halogens is 4. The number of alkyl halides is 3. The van der Waals surface area contributed by atoms with Gasteiger partial charge in [-0.1, -0.05) is 0 Å². The van der Waals surface area contributed by atoms with Crippen LogP contribution < -0.4 is 10.1 Å². The standard InChI is InChI=1S/C19H17F4N3O2/c1-11(15-6-5-14(9-24-15)28-10-19(21,22)23)25-18(27)17-7-12-3-4-13(20)8-16(12)26(17)2/h3-9,11H,10H2,1-2H3,(H,25,27)/t11-/m0/s1. The van der Waals surface area contributed by atoms with Crippen molar-refractivity contribution in [2.45, 2.75) is 19.1 Å². The second kappa shape index (κ2) is 7.49. The monoisotopic (exact) mass is 395 g/mol. The van der Waals surface area contributed by atoms with Crippen LogP contribution in [0.25, 0.3) is 10.9 Å². The van der Waals surface area contributed by atoms with Gasteiger partial charge in [0.05, 0.1) is 23.4 Å². The zero-order valence-corrected chi connectivity index (χ0v) is 15.0. The molecule has 0 aliphatic heterocycles. The van der Waals surface area contributed by atoms with Crippen molar-refractivity contribution < 1.29 is 27.1 Å². The molecule has 0 spiro atoms. The third-order valence-electron chi connectivity index (χ3n) is 4.19. The Hall–Kier alpha value is -3.10. The number of carbonyl (C=O) groups is 1. The number of carbonyl (C=O) groups excluding carboxylic acids is 1. The fourth-order valence-corrected chi connectivity index (χ4v) is 2.76. The summed E-state index contributed by atoms with van der Waals surface area (Å²) in [6.45, 7) is 0.292. The first-order valence-corrected chi connectivity index (χ1v) is 8.35. The van der Waals surface area contributed by atoms with Gasteiger partial charge in [0.15, 0.2) is 6.61 Å². The van der Waals surface area contributed by atoms with Crippen molar-refractivity contribution in [3.63, 3.8) is 0 Å². The molecule has 0 saturated heterocycles. The molecule has 0 aliphatic rings. The van der Waals surface area contributed by atoms with Crippen LogP contribution in [0.1, 0.15) is 29.1 Å². The molecule has 0 bridgehead atoms. The first-order valence-electron chi connectivity index (χ1n) is 8.35. The highest BCUT2D eigenvalue weighted by Gasteiger charge is 2.28. The number of aryl methyl sites for hydroxylation is 1. The lowest BCUT2D eigenvalue weighted by Crippen LogP contribution is -2.28. The van der Waals surface area contributed by atoms with E-state index in [1.54, 1.807) is 30.7 Å². The molecule has 148 valence electrons. The van der Waals surface area contributed by atoms with Gasteiger partial charge in [-0.2, -0.15) is 13.2 Å². The molecule has 0 saturated carbocycles. The number of aromatic nitrogens is 2. The molecule has 1 N–H and O–H groups in total. The van der Waals surface area contributed by atoms with Gasteiger partial charge in [0.2, 0.25) is 0 Å². The quantitative estimate of drug-likeness (QED) is 0.661. The third kappa shape index (κ3) is 4.41. The second-order valence-electron chi connectivity index (χ2n) is 6.31. The largest absolute Gasteiger partial charge is 0.483 e. The number of nitrogens with one attached hydrogen (secondary N) is 1. The van der Waals surface area contributed by atoms with Crippen LogP contribution in [-0.2, 0) is 7.05 Å². The molecule has 2 heterocycles. The lowest BCUT2D eigenvalue weighted by molar-refractivity contribution is -0.153. The summed E-state index contributed by atoms with van der Waals surface area (Å²) < 4.78 is 56.1. The molecule has 1 amide bonds. The van der Waals surface area contributed by atoms with Gasteiger partial charge in [-0.15, -0.1) is 0 Å². The number of fused-ring (bicyclic) bond motifs is 1. The first-order chi connectivity index (χ1) is 13.1. The van der Waals surface area contributed by atoms with Crippen LogP contribution in [-0.4, -0.2) is 28.2 Å².